The van der Waals surface area contributed by atoms with Crippen molar-refractivity contribution in [2.24, 2.45) is 5.73 Å². The minimum absolute atomic E-state index is 0. The summed E-state index contributed by atoms with van der Waals surface area (Å²) in [6.07, 6.45) is 0. The van der Waals surface area contributed by atoms with Gasteiger partial charge in [-0.3, -0.25) is 9.69 Å². The molecule has 1 heterocycles. The van der Waals surface area contributed by atoms with Gasteiger partial charge in [-0.1, -0.05) is 19.1 Å². The molecular formula is C15H26Cl2N4O. The minimum Gasteiger partial charge on any atom is -0.326 e. The molecule has 0 aromatic heterocycles. The molecule has 22 heavy (non-hydrogen) atoms. The Morgan fingerprint density at radius 1 is 1.09 bits per heavy atom. The molecular weight excluding hydrogens is 323 g/mol. The number of likely N-dealkylation sites (N-methyl/N-ethyl adjacent to an activating group) is 1. The topological polar surface area (TPSA) is 61.6 Å². The first-order valence-electron chi connectivity index (χ1n) is 7.25. The Kier molecular flexibility index (Phi) is 10.4. The third-order valence-corrected chi connectivity index (χ3v) is 3.75. The van der Waals surface area contributed by atoms with Crippen LogP contribution in [-0.4, -0.2) is 55.0 Å². The van der Waals surface area contributed by atoms with Gasteiger partial charge >= 0.3 is 0 Å². The fraction of sp³-hybridized carbons (Fsp3) is 0.533. The van der Waals surface area contributed by atoms with Crippen molar-refractivity contribution in [3.8, 4) is 0 Å². The van der Waals surface area contributed by atoms with Crippen molar-refractivity contribution >= 4 is 36.4 Å². The van der Waals surface area contributed by atoms with Crippen molar-refractivity contribution in [2.45, 2.75) is 13.5 Å². The van der Waals surface area contributed by atoms with Crippen molar-refractivity contribution < 1.29 is 4.79 Å². The summed E-state index contributed by atoms with van der Waals surface area (Å²) in [5.41, 5.74) is 7.45. The smallest absolute Gasteiger partial charge is 0.238 e. The van der Waals surface area contributed by atoms with Crippen LogP contribution in [0, 0.1) is 0 Å². The maximum absolute atomic E-state index is 12.0. The third-order valence-electron chi connectivity index (χ3n) is 3.75. The van der Waals surface area contributed by atoms with E-state index in [0.717, 1.165) is 44.0 Å². The molecule has 0 unspecified atom stereocenters. The lowest BCUT2D eigenvalue weighted by Crippen LogP contribution is -2.48. The van der Waals surface area contributed by atoms with Gasteiger partial charge in [-0.25, -0.2) is 0 Å². The molecule has 126 valence electrons. The molecule has 2 rings (SSSR count). The van der Waals surface area contributed by atoms with E-state index in [1.54, 1.807) is 0 Å². The van der Waals surface area contributed by atoms with Crippen LogP contribution in [0.15, 0.2) is 24.3 Å². The molecule has 1 amide bonds. The van der Waals surface area contributed by atoms with Crippen LogP contribution < -0.4 is 11.1 Å². The maximum Gasteiger partial charge on any atom is 0.238 e. The predicted octanol–water partition coefficient (Wildman–Crippen LogP) is 1.56. The Morgan fingerprint density at radius 3 is 2.14 bits per heavy atom. The lowest BCUT2D eigenvalue weighted by molar-refractivity contribution is -0.117. The number of halogens is 2. The van der Waals surface area contributed by atoms with Gasteiger partial charge in [-0.15, -0.1) is 24.8 Å². The predicted molar refractivity (Wildman–Crippen MR) is 96.0 cm³/mol. The molecule has 1 aliphatic rings. The number of nitrogens with two attached hydrogens (primary N) is 1. The normalized spacial score (nSPS) is 15.5. The average molecular weight is 349 g/mol. The summed E-state index contributed by atoms with van der Waals surface area (Å²) in [7, 11) is 0. The number of nitrogens with zero attached hydrogens (tertiary/aromatic N) is 2. The van der Waals surface area contributed by atoms with E-state index in [4.69, 9.17) is 5.73 Å². The number of carbonyl (C=O) groups excluding carboxylic acids is 1. The van der Waals surface area contributed by atoms with Crippen molar-refractivity contribution in [3.05, 3.63) is 29.8 Å². The Labute approximate surface area is 145 Å². The quantitative estimate of drug-likeness (QED) is 0.847. The van der Waals surface area contributed by atoms with Gasteiger partial charge in [0.2, 0.25) is 5.91 Å². The highest BCUT2D eigenvalue weighted by Crippen LogP contribution is 2.09. The molecule has 0 saturated carbocycles. The van der Waals surface area contributed by atoms with E-state index >= 15 is 0 Å². The number of benzene rings is 1. The molecule has 0 aliphatic carbocycles. The van der Waals surface area contributed by atoms with Crippen LogP contribution in [0.2, 0.25) is 0 Å². The number of carbonyl (C=O) groups is 1. The van der Waals surface area contributed by atoms with Crippen LogP contribution in [0.3, 0.4) is 0 Å². The molecule has 1 fully saturated rings. The Hall–Kier alpha value is -0.850. The Bertz CT molecular complexity index is 434. The summed E-state index contributed by atoms with van der Waals surface area (Å²) in [6, 6.07) is 7.68. The van der Waals surface area contributed by atoms with E-state index in [1.165, 1.54) is 0 Å². The zero-order chi connectivity index (χ0) is 14.4. The largest absolute Gasteiger partial charge is 0.326 e. The summed E-state index contributed by atoms with van der Waals surface area (Å²) in [5, 5.41) is 2.93. The highest BCUT2D eigenvalue weighted by molar-refractivity contribution is 5.92. The van der Waals surface area contributed by atoms with Gasteiger partial charge in [0.05, 0.1) is 6.54 Å². The van der Waals surface area contributed by atoms with Crippen LogP contribution >= 0.6 is 24.8 Å². The van der Waals surface area contributed by atoms with Gasteiger partial charge in [0.1, 0.15) is 0 Å². The number of nitrogens with one attached hydrogen (secondary N) is 1. The Balaban J connectivity index is 0.00000220. The van der Waals surface area contributed by atoms with E-state index in [1.807, 2.05) is 24.3 Å². The third kappa shape index (κ3) is 6.50. The molecule has 7 heteroatoms. The van der Waals surface area contributed by atoms with Gasteiger partial charge in [0.15, 0.2) is 0 Å². The minimum atomic E-state index is 0. The number of hydrogen-bond donors (Lipinski definition) is 2. The lowest BCUT2D eigenvalue weighted by atomic mass is 10.2. The first-order valence-corrected chi connectivity index (χ1v) is 7.25. The van der Waals surface area contributed by atoms with Gasteiger partial charge in [0, 0.05) is 38.4 Å². The maximum atomic E-state index is 12.0. The number of hydrogen-bond acceptors (Lipinski definition) is 4. The molecule has 1 aliphatic heterocycles. The Morgan fingerprint density at radius 2 is 1.64 bits per heavy atom. The highest BCUT2D eigenvalue weighted by atomic mass is 35.5. The van der Waals surface area contributed by atoms with Crippen LogP contribution in [0.25, 0.3) is 0 Å². The molecule has 1 aromatic carbocycles. The summed E-state index contributed by atoms with van der Waals surface area (Å²) in [5.74, 6) is 0.0513. The van der Waals surface area contributed by atoms with Gasteiger partial charge in [-0.05, 0) is 24.2 Å². The molecule has 0 bridgehead atoms. The summed E-state index contributed by atoms with van der Waals surface area (Å²) in [6.45, 7) is 8.29. The summed E-state index contributed by atoms with van der Waals surface area (Å²) < 4.78 is 0. The van der Waals surface area contributed by atoms with E-state index in [9.17, 15) is 4.79 Å². The van der Waals surface area contributed by atoms with Gasteiger partial charge in [0.25, 0.3) is 0 Å². The first kappa shape index (κ1) is 21.1. The molecule has 0 spiro atoms. The van der Waals surface area contributed by atoms with Crippen LogP contribution in [-0.2, 0) is 11.3 Å². The second kappa shape index (κ2) is 10.8. The van der Waals surface area contributed by atoms with Gasteiger partial charge < -0.3 is 16.0 Å². The zero-order valence-corrected chi connectivity index (χ0v) is 14.6. The molecule has 1 aromatic rings. The lowest BCUT2D eigenvalue weighted by Gasteiger charge is -2.33. The van der Waals surface area contributed by atoms with Crippen molar-refractivity contribution in [3.63, 3.8) is 0 Å². The van der Waals surface area contributed by atoms with Crippen LogP contribution in [0.5, 0.6) is 0 Å². The average Bonchev–Trinajstić information content (AvgIpc) is 2.49. The monoisotopic (exact) mass is 348 g/mol. The second-order valence-electron chi connectivity index (χ2n) is 5.16. The molecule has 0 radical (unpaired) electrons. The van der Waals surface area contributed by atoms with E-state index < -0.39 is 0 Å². The van der Waals surface area contributed by atoms with Crippen molar-refractivity contribution in [1.29, 1.82) is 0 Å². The van der Waals surface area contributed by atoms with Crippen molar-refractivity contribution in [1.82, 2.24) is 9.80 Å². The summed E-state index contributed by atoms with van der Waals surface area (Å²) >= 11 is 0. The SMILES string of the molecule is CCN1CCN(CC(=O)Nc2ccc(CN)cc2)CC1.Cl.Cl. The second-order valence-corrected chi connectivity index (χ2v) is 5.16. The number of amides is 1. The van der Waals surface area contributed by atoms with Gasteiger partial charge in [-0.2, -0.15) is 0 Å². The fourth-order valence-electron chi connectivity index (χ4n) is 2.39. The zero-order valence-electron chi connectivity index (χ0n) is 13.0. The molecule has 5 nitrogen and oxygen atoms in total. The molecule has 3 N–H and O–H groups in total. The standard InChI is InChI=1S/C15H24N4O.2ClH/c1-2-18-7-9-19(10-8-18)12-15(20)17-14-5-3-13(11-16)4-6-14;;/h3-6H,2,7-12,16H2,1H3,(H,17,20);2*1H. The van der Waals surface area contributed by atoms with Crippen LogP contribution in [0.4, 0.5) is 5.69 Å². The highest BCUT2D eigenvalue weighted by Gasteiger charge is 2.17. The number of anilines is 1. The molecule has 1 saturated heterocycles. The molecule has 0 atom stereocenters. The van der Waals surface area contributed by atoms with E-state index in [2.05, 4.69) is 22.0 Å². The van der Waals surface area contributed by atoms with E-state index in [0.29, 0.717) is 13.1 Å². The summed E-state index contributed by atoms with van der Waals surface area (Å²) in [4.78, 5) is 16.6. The van der Waals surface area contributed by atoms with Crippen molar-refractivity contribution in [2.75, 3.05) is 44.6 Å². The first-order chi connectivity index (χ1) is 9.71. The fourth-order valence-corrected chi connectivity index (χ4v) is 2.39. The number of rotatable bonds is 5. The van der Waals surface area contributed by atoms with E-state index in [-0.39, 0.29) is 30.7 Å². The number of piperazine rings is 1. The van der Waals surface area contributed by atoms with Crippen LogP contribution in [0.1, 0.15) is 12.5 Å².